The van der Waals surface area contributed by atoms with Gasteiger partial charge < -0.3 is 25.7 Å². The molecule has 8 nitrogen and oxygen atoms in total. The molecule has 1 rings (SSSR count). The second-order valence-corrected chi connectivity index (χ2v) is 11.1. The van der Waals surface area contributed by atoms with Crippen molar-refractivity contribution < 1.29 is 24.6 Å². The van der Waals surface area contributed by atoms with Crippen molar-refractivity contribution in [3.05, 3.63) is 41.5 Å². The van der Waals surface area contributed by atoms with Gasteiger partial charge in [-0.1, -0.05) is 66.7 Å². The van der Waals surface area contributed by atoms with Gasteiger partial charge in [-0.2, -0.15) is 0 Å². The van der Waals surface area contributed by atoms with Crippen LogP contribution >= 0.6 is 0 Å². The van der Waals surface area contributed by atoms with Crippen molar-refractivity contribution in [3.8, 4) is 5.75 Å². The number of aromatic hydroxyl groups is 1. The molecule has 35 heavy (non-hydrogen) atoms. The van der Waals surface area contributed by atoms with Gasteiger partial charge in [0.25, 0.3) is 0 Å². The van der Waals surface area contributed by atoms with Crippen LogP contribution in [0.3, 0.4) is 0 Å². The highest BCUT2D eigenvalue weighted by molar-refractivity contribution is 5.91. The second-order valence-electron chi connectivity index (χ2n) is 11.1. The monoisotopic (exact) mass is 489 g/mol. The lowest BCUT2D eigenvalue weighted by Gasteiger charge is -2.40. The lowest BCUT2D eigenvalue weighted by Crippen LogP contribution is -2.61. The van der Waals surface area contributed by atoms with Gasteiger partial charge in [0, 0.05) is 18.0 Å². The maximum Gasteiger partial charge on any atom is 0.331 e. The molecule has 2 amide bonds. The van der Waals surface area contributed by atoms with Crippen LogP contribution in [0.2, 0.25) is 0 Å². The molecule has 196 valence electrons. The Balaban J connectivity index is 3.30. The Kier molecular flexibility index (Phi) is 10.1. The van der Waals surface area contributed by atoms with Gasteiger partial charge in [0.15, 0.2) is 0 Å². The fourth-order valence-corrected chi connectivity index (χ4v) is 4.18. The lowest BCUT2D eigenvalue weighted by atomic mass is 9.76. The van der Waals surface area contributed by atoms with Crippen LogP contribution in [0, 0.1) is 11.3 Å². The Morgan fingerprint density at radius 3 is 1.91 bits per heavy atom. The molecule has 8 heteroatoms. The van der Waals surface area contributed by atoms with Gasteiger partial charge in [0.05, 0.1) is 12.1 Å². The number of phenolic OH excluding ortho intramolecular Hbond substituents is 1. The van der Waals surface area contributed by atoms with Crippen molar-refractivity contribution in [2.45, 2.75) is 78.9 Å². The first-order chi connectivity index (χ1) is 15.9. The van der Waals surface area contributed by atoms with Gasteiger partial charge in [-0.25, -0.2) is 4.79 Å². The Bertz CT molecular complexity index is 929. The van der Waals surface area contributed by atoms with Crippen LogP contribution in [0.5, 0.6) is 5.75 Å². The molecule has 0 bridgehead atoms. The van der Waals surface area contributed by atoms with E-state index in [9.17, 15) is 24.6 Å². The van der Waals surface area contributed by atoms with Crippen LogP contribution in [0.4, 0.5) is 0 Å². The predicted octanol–water partition coefficient (Wildman–Crippen LogP) is 3.30. The van der Waals surface area contributed by atoms with E-state index in [1.165, 1.54) is 11.8 Å². The minimum absolute atomic E-state index is 0.0342. The first-order valence-corrected chi connectivity index (χ1v) is 11.9. The molecule has 0 aliphatic heterocycles. The van der Waals surface area contributed by atoms with Crippen molar-refractivity contribution in [1.82, 2.24) is 15.5 Å². The number of carbonyl (C=O) groups is 3. The van der Waals surface area contributed by atoms with Gasteiger partial charge in [-0.05, 0) is 43.0 Å². The molecule has 0 aromatic heterocycles. The average molecular weight is 490 g/mol. The van der Waals surface area contributed by atoms with Crippen LogP contribution in [-0.2, 0) is 19.8 Å². The maximum atomic E-state index is 13.7. The molecule has 0 aliphatic carbocycles. The van der Waals surface area contributed by atoms with Crippen LogP contribution in [-0.4, -0.2) is 65.1 Å². The molecule has 4 N–H and O–H groups in total. The fraction of sp³-hybridized carbons (Fsp3) is 0.593. The van der Waals surface area contributed by atoms with E-state index in [0.29, 0.717) is 0 Å². The Hall–Kier alpha value is -2.87. The predicted molar refractivity (Wildman–Crippen MR) is 138 cm³/mol. The smallest absolute Gasteiger partial charge is 0.331 e. The zero-order valence-electron chi connectivity index (χ0n) is 22.8. The van der Waals surface area contributed by atoms with E-state index >= 15 is 0 Å². The van der Waals surface area contributed by atoms with Gasteiger partial charge in [-0.15, -0.1) is 0 Å². The molecule has 1 aromatic rings. The third-order valence-corrected chi connectivity index (χ3v) is 6.52. The molecule has 0 saturated carbocycles. The zero-order chi connectivity index (χ0) is 27.3. The molecule has 3 atom stereocenters. The number of likely N-dealkylation sites (N-methyl/N-ethyl adjacent to an activating group) is 2. The first-order valence-electron chi connectivity index (χ1n) is 11.9. The number of phenols is 1. The number of benzene rings is 1. The summed E-state index contributed by atoms with van der Waals surface area (Å²) in [6.07, 6.45) is 1.58. The number of rotatable bonds is 10. The Labute approximate surface area is 209 Å². The average Bonchev–Trinajstić information content (AvgIpc) is 2.74. The van der Waals surface area contributed by atoms with Gasteiger partial charge >= 0.3 is 5.97 Å². The molecule has 0 fully saturated rings. The number of hydrogen-bond acceptors (Lipinski definition) is 5. The fourth-order valence-electron chi connectivity index (χ4n) is 4.18. The second kappa shape index (κ2) is 11.7. The number of carboxylic acids is 1. The van der Waals surface area contributed by atoms with Crippen molar-refractivity contribution >= 4 is 17.8 Å². The molecular formula is C27H43N3O5. The summed E-state index contributed by atoms with van der Waals surface area (Å²) in [6, 6.07) is 4.76. The van der Waals surface area contributed by atoms with Gasteiger partial charge in [0.2, 0.25) is 11.8 Å². The summed E-state index contributed by atoms with van der Waals surface area (Å²) in [5.41, 5.74) is -0.235. The van der Waals surface area contributed by atoms with Gasteiger partial charge in [0.1, 0.15) is 11.8 Å². The summed E-state index contributed by atoms with van der Waals surface area (Å²) in [7, 11) is 3.33. The molecule has 0 radical (unpaired) electrons. The number of carbonyl (C=O) groups excluding carboxylic acids is 2. The third-order valence-electron chi connectivity index (χ3n) is 6.52. The largest absolute Gasteiger partial charge is 0.508 e. The number of nitrogens with zero attached hydrogens (tertiary/aromatic N) is 1. The highest BCUT2D eigenvalue weighted by Gasteiger charge is 2.41. The van der Waals surface area contributed by atoms with Crippen LogP contribution in [0.15, 0.2) is 35.9 Å². The highest BCUT2D eigenvalue weighted by atomic mass is 16.4. The quantitative estimate of drug-likeness (QED) is 0.375. The number of aliphatic carboxylic acids is 1. The third kappa shape index (κ3) is 7.56. The van der Waals surface area contributed by atoms with E-state index in [1.54, 1.807) is 44.4 Å². The number of carboxylic acid groups (broad SMARTS) is 1. The van der Waals surface area contributed by atoms with Crippen molar-refractivity contribution in [3.63, 3.8) is 0 Å². The van der Waals surface area contributed by atoms with E-state index in [1.807, 2.05) is 48.5 Å². The molecule has 0 saturated heterocycles. The van der Waals surface area contributed by atoms with E-state index in [2.05, 4.69) is 10.6 Å². The molecule has 0 unspecified atom stereocenters. The topological polar surface area (TPSA) is 119 Å². The van der Waals surface area contributed by atoms with E-state index in [-0.39, 0.29) is 29.1 Å². The summed E-state index contributed by atoms with van der Waals surface area (Å²) in [4.78, 5) is 40.1. The summed E-state index contributed by atoms with van der Waals surface area (Å²) in [6.45, 7) is 14.8. The molecule has 1 aromatic carbocycles. The summed E-state index contributed by atoms with van der Waals surface area (Å²) in [5, 5.41) is 25.0. The van der Waals surface area contributed by atoms with E-state index in [0.717, 1.165) is 5.56 Å². The standard InChI is InChI=1S/C27H43N3O5/c1-16(2)20(15-17(3)25(34)35)30(10)24(33)22(26(4,5)6)29-23(32)21(28-9)27(7,8)18-11-13-19(31)14-12-18/h11-16,20-22,28,31H,1-10H3,(H,29,32)(H,34,35)/t20-,21-,22-/m1/s1. The van der Waals surface area contributed by atoms with Crippen LogP contribution in [0.1, 0.15) is 61.0 Å². The van der Waals surface area contributed by atoms with Crippen molar-refractivity contribution in [1.29, 1.82) is 0 Å². The summed E-state index contributed by atoms with van der Waals surface area (Å²) >= 11 is 0. The van der Waals surface area contributed by atoms with Crippen LogP contribution < -0.4 is 10.6 Å². The van der Waals surface area contributed by atoms with E-state index < -0.39 is 34.9 Å². The summed E-state index contributed by atoms with van der Waals surface area (Å²) in [5.74, 6) is -1.55. The van der Waals surface area contributed by atoms with E-state index in [4.69, 9.17) is 0 Å². The Morgan fingerprint density at radius 2 is 1.51 bits per heavy atom. The van der Waals surface area contributed by atoms with Gasteiger partial charge in [-0.3, -0.25) is 9.59 Å². The van der Waals surface area contributed by atoms with Crippen molar-refractivity contribution in [2.24, 2.45) is 11.3 Å². The molecular weight excluding hydrogens is 446 g/mol. The number of amides is 2. The summed E-state index contributed by atoms with van der Waals surface area (Å²) < 4.78 is 0. The normalized spacial score (nSPS) is 15.3. The minimum atomic E-state index is -1.04. The lowest BCUT2D eigenvalue weighted by molar-refractivity contribution is -0.141. The molecule has 0 heterocycles. The molecule has 0 aliphatic rings. The maximum absolute atomic E-state index is 13.7. The minimum Gasteiger partial charge on any atom is -0.508 e. The number of hydrogen-bond donors (Lipinski definition) is 4. The van der Waals surface area contributed by atoms with Crippen molar-refractivity contribution in [2.75, 3.05) is 14.1 Å². The zero-order valence-corrected chi connectivity index (χ0v) is 22.8. The Morgan fingerprint density at radius 1 is 1.00 bits per heavy atom. The first kappa shape index (κ1) is 30.2. The van der Waals surface area contributed by atoms with Crippen LogP contribution in [0.25, 0.3) is 0 Å². The number of nitrogens with one attached hydrogen (secondary N) is 2. The SMILES string of the molecule is CN[C@H](C(=O)N[C@H](C(=O)N(C)[C@H](C=C(C)C(=O)O)C(C)C)C(C)(C)C)C(C)(C)c1ccc(O)cc1. The highest BCUT2D eigenvalue weighted by Crippen LogP contribution is 2.30. The molecule has 0 spiro atoms.